The van der Waals surface area contributed by atoms with E-state index in [1.807, 2.05) is 6.92 Å². The highest BCUT2D eigenvalue weighted by atomic mass is 32.2. The van der Waals surface area contributed by atoms with Gasteiger partial charge in [0.05, 0.1) is 4.90 Å². The lowest BCUT2D eigenvalue weighted by Crippen LogP contribution is -2.41. The number of amides is 2. The summed E-state index contributed by atoms with van der Waals surface area (Å²) in [6.07, 6.45) is 2.34. The molecule has 1 aliphatic carbocycles. The van der Waals surface area contributed by atoms with Gasteiger partial charge in [0, 0.05) is 12.6 Å². The van der Waals surface area contributed by atoms with Gasteiger partial charge < -0.3 is 10.6 Å². The van der Waals surface area contributed by atoms with Gasteiger partial charge in [0.15, 0.2) is 0 Å². The predicted octanol–water partition coefficient (Wildman–Crippen LogP) is 1.19. The number of nitrogens with one attached hydrogen (secondary N) is 3. The molecule has 0 bridgehead atoms. The number of hydrogen-bond acceptors (Lipinski definition) is 3. The van der Waals surface area contributed by atoms with Gasteiger partial charge in [0.2, 0.25) is 10.0 Å². The molecule has 1 fully saturated rings. The molecule has 1 aliphatic rings. The van der Waals surface area contributed by atoms with Crippen molar-refractivity contribution in [3.63, 3.8) is 0 Å². The fraction of sp³-hybridized carbons (Fsp3) is 0.500. The lowest BCUT2D eigenvalue weighted by atomic mass is 10.2. The summed E-state index contributed by atoms with van der Waals surface area (Å²) in [5.41, 5.74) is 0.737. The van der Waals surface area contributed by atoms with Crippen LogP contribution < -0.4 is 15.4 Å². The zero-order chi connectivity index (χ0) is 15.5. The molecular weight excluding hydrogens is 290 g/mol. The van der Waals surface area contributed by atoms with Crippen LogP contribution in [0.5, 0.6) is 0 Å². The molecule has 0 aromatic heterocycles. The van der Waals surface area contributed by atoms with Crippen molar-refractivity contribution in [2.75, 3.05) is 7.05 Å². The predicted molar refractivity (Wildman–Crippen MR) is 80.2 cm³/mol. The minimum Gasteiger partial charge on any atom is -0.335 e. The van der Waals surface area contributed by atoms with Crippen molar-refractivity contribution in [3.8, 4) is 0 Å². The van der Waals surface area contributed by atoms with E-state index in [2.05, 4.69) is 15.4 Å². The number of sulfonamides is 1. The van der Waals surface area contributed by atoms with Gasteiger partial charge >= 0.3 is 6.03 Å². The van der Waals surface area contributed by atoms with Gasteiger partial charge in [-0.05, 0) is 50.4 Å². The van der Waals surface area contributed by atoms with E-state index >= 15 is 0 Å². The quantitative estimate of drug-likeness (QED) is 0.737. The highest BCUT2D eigenvalue weighted by molar-refractivity contribution is 7.89. The van der Waals surface area contributed by atoms with Crippen molar-refractivity contribution >= 4 is 16.1 Å². The highest BCUT2D eigenvalue weighted by Gasteiger charge is 2.28. The normalized spacial score (nSPS) is 16.3. The maximum atomic E-state index is 11.7. The van der Waals surface area contributed by atoms with Crippen molar-refractivity contribution in [3.05, 3.63) is 29.8 Å². The average Bonchev–Trinajstić information content (AvgIpc) is 3.30. The van der Waals surface area contributed by atoms with Gasteiger partial charge in [-0.3, -0.25) is 0 Å². The third-order valence-electron chi connectivity index (χ3n) is 3.62. The Bertz CT molecular complexity index is 612. The molecule has 2 rings (SSSR count). The van der Waals surface area contributed by atoms with Crippen LogP contribution >= 0.6 is 0 Å². The first-order valence-corrected chi connectivity index (χ1v) is 8.47. The molecule has 0 radical (unpaired) electrons. The van der Waals surface area contributed by atoms with Crippen LogP contribution in [-0.4, -0.2) is 27.5 Å². The molecule has 6 nitrogen and oxygen atoms in total. The number of rotatable bonds is 6. The summed E-state index contributed by atoms with van der Waals surface area (Å²) in [6, 6.07) is 6.46. The fourth-order valence-electron chi connectivity index (χ4n) is 2.09. The van der Waals surface area contributed by atoms with E-state index in [1.54, 1.807) is 18.2 Å². The third-order valence-corrected chi connectivity index (χ3v) is 5.03. The van der Waals surface area contributed by atoms with Crippen molar-refractivity contribution in [2.45, 2.75) is 37.2 Å². The summed E-state index contributed by atoms with van der Waals surface area (Å²) in [5.74, 6) is 0.597. The standard InChI is InChI=1S/C14H21N3O3S/c1-10(12-6-7-12)17-14(18)16-9-11-4-3-5-13(8-11)21(19,20)15-2/h3-5,8,10,12,15H,6-7,9H2,1-2H3,(H2,16,17,18)/t10-/m0/s1. The van der Waals surface area contributed by atoms with Crippen LogP contribution in [0.25, 0.3) is 0 Å². The molecule has 1 aromatic rings. The SMILES string of the molecule is CNS(=O)(=O)c1cccc(CNC(=O)N[C@@H](C)C2CC2)c1. The number of carbonyl (C=O) groups excluding carboxylic acids is 1. The summed E-state index contributed by atoms with van der Waals surface area (Å²) in [5, 5.41) is 5.63. The van der Waals surface area contributed by atoms with E-state index in [9.17, 15) is 13.2 Å². The van der Waals surface area contributed by atoms with Crippen LogP contribution in [-0.2, 0) is 16.6 Å². The molecule has 116 valence electrons. The van der Waals surface area contributed by atoms with E-state index in [4.69, 9.17) is 0 Å². The van der Waals surface area contributed by atoms with Gasteiger partial charge in [-0.15, -0.1) is 0 Å². The largest absolute Gasteiger partial charge is 0.335 e. The first kappa shape index (κ1) is 15.8. The summed E-state index contributed by atoms with van der Waals surface area (Å²) < 4.78 is 25.7. The second kappa shape index (κ2) is 6.44. The molecule has 0 heterocycles. The molecule has 7 heteroatoms. The highest BCUT2D eigenvalue weighted by Crippen LogP contribution is 2.32. The molecule has 0 spiro atoms. The first-order valence-electron chi connectivity index (χ1n) is 6.99. The maximum Gasteiger partial charge on any atom is 0.315 e. The summed E-state index contributed by atoms with van der Waals surface area (Å²) in [6.45, 7) is 2.29. The Hall–Kier alpha value is -1.60. The number of hydrogen-bond donors (Lipinski definition) is 3. The number of benzene rings is 1. The Balaban J connectivity index is 1.91. The summed E-state index contributed by atoms with van der Waals surface area (Å²) in [7, 11) is -2.09. The van der Waals surface area contributed by atoms with E-state index in [1.165, 1.54) is 26.0 Å². The molecule has 3 N–H and O–H groups in total. The van der Waals surface area contributed by atoms with Crippen molar-refractivity contribution in [2.24, 2.45) is 5.92 Å². The minimum absolute atomic E-state index is 0.181. The number of carbonyl (C=O) groups is 1. The van der Waals surface area contributed by atoms with Crippen LogP contribution in [0.4, 0.5) is 4.79 Å². The maximum absolute atomic E-state index is 11.7. The van der Waals surface area contributed by atoms with E-state index in [0.29, 0.717) is 5.92 Å². The second-order valence-electron chi connectivity index (χ2n) is 5.31. The second-order valence-corrected chi connectivity index (χ2v) is 7.19. The van der Waals surface area contributed by atoms with Crippen molar-refractivity contribution in [1.29, 1.82) is 0 Å². The monoisotopic (exact) mass is 311 g/mol. The van der Waals surface area contributed by atoms with Crippen LogP contribution in [0.15, 0.2) is 29.2 Å². The third kappa shape index (κ3) is 4.44. The van der Waals surface area contributed by atoms with E-state index in [0.717, 1.165) is 5.56 Å². The fourth-order valence-corrected chi connectivity index (χ4v) is 2.89. The van der Waals surface area contributed by atoms with Gasteiger partial charge in [0.25, 0.3) is 0 Å². The molecule has 0 saturated heterocycles. The molecule has 1 saturated carbocycles. The molecule has 0 aliphatic heterocycles. The molecule has 1 atom stereocenters. The zero-order valence-corrected chi connectivity index (χ0v) is 13.0. The summed E-state index contributed by atoms with van der Waals surface area (Å²) >= 11 is 0. The van der Waals surface area contributed by atoms with Gasteiger partial charge in [-0.1, -0.05) is 12.1 Å². The van der Waals surface area contributed by atoms with Crippen molar-refractivity contribution in [1.82, 2.24) is 15.4 Å². The Morgan fingerprint density at radius 3 is 2.71 bits per heavy atom. The smallest absolute Gasteiger partial charge is 0.315 e. The Morgan fingerprint density at radius 2 is 2.10 bits per heavy atom. The van der Waals surface area contributed by atoms with Crippen molar-refractivity contribution < 1.29 is 13.2 Å². The number of urea groups is 1. The van der Waals surface area contributed by atoms with Gasteiger partial charge in [-0.2, -0.15) is 0 Å². The van der Waals surface area contributed by atoms with Crippen LogP contribution in [0.3, 0.4) is 0 Å². The molecule has 0 unspecified atom stereocenters. The molecular formula is C14H21N3O3S. The Labute approximate surface area is 125 Å². The topological polar surface area (TPSA) is 87.3 Å². The average molecular weight is 311 g/mol. The molecule has 1 aromatic carbocycles. The lowest BCUT2D eigenvalue weighted by molar-refractivity contribution is 0.236. The van der Waals surface area contributed by atoms with Crippen LogP contribution in [0, 0.1) is 5.92 Å². The van der Waals surface area contributed by atoms with Crippen LogP contribution in [0.1, 0.15) is 25.3 Å². The van der Waals surface area contributed by atoms with E-state index in [-0.39, 0.29) is 23.5 Å². The molecule has 21 heavy (non-hydrogen) atoms. The summed E-state index contributed by atoms with van der Waals surface area (Å²) in [4.78, 5) is 11.9. The Morgan fingerprint density at radius 1 is 1.38 bits per heavy atom. The molecule has 2 amide bonds. The minimum atomic E-state index is -3.46. The zero-order valence-electron chi connectivity index (χ0n) is 12.2. The van der Waals surface area contributed by atoms with Gasteiger partial charge in [0.1, 0.15) is 0 Å². The Kier molecular flexibility index (Phi) is 4.84. The van der Waals surface area contributed by atoms with Gasteiger partial charge in [-0.25, -0.2) is 17.9 Å². The first-order chi connectivity index (χ1) is 9.92. The van der Waals surface area contributed by atoms with Crippen LogP contribution in [0.2, 0.25) is 0 Å². The van der Waals surface area contributed by atoms with E-state index < -0.39 is 10.0 Å². The lowest BCUT2D eigenvalue weighted by Gasteiger charge is -2.14.